The molecule has 1 aliphatic rings. The first-order chi connectivity index (χ1) is 16.6. The second-order valence-electron chi connectivity index (χ2n) is 9.40. The van der Waals surface area contributed by atoms with Crippen molar-refractivity contribution in [2.45, 2.75) is 77.5 Å². The van der Waals surface area contributed by atoms with E-state index in [0.717, 1.165) is 52.9 Å². The van der Waals surface area contributed by atoms with Crippen molar-refractivity contribution >= 4 is 10.9 Å². The van der Waals surface area contributed by atoms with Crippen LogP contribution in [0.1, 0.15) is 80.2 Å². The molecule has 5 rings (SSSR count). The zero-order chi connectivity index (χ0) is 23.5. The largest absolute Gasteiger partial charge is 0.468 e. The molecule has 0 amide bonds. The standard InChI is InChI=1S/C26H32N6O2/c1-3-24(25-28-29-30-32(25)21-8-5-4-6-9-21)31(17-22-10-7-13-34-22)16-20-15-19-14-18(2)11-12-23(19)27-26(20)33/h7,10-15,21,24H,3-6,8-9,16-17H2,1-2H3,(H,27,33)/t24-/m0/s1. The summed E-state index contributed by atoms with van der Waals surface area (Å²) < 4.78 is 7.73. The molecule has 1 atom stereocenters. The molecule has 0 saturated heterocycles. The highest BCUT2D eigenvalue weighted by Crippen LogP contribution is 2.32. The van der Waals surface area contributed by atoms with Crippen LogP contribution in [-0.4, -0.2) is 30.1 Å². The van der Waals surface area contributed by atoms with Crippen molar-refractivity contribution < 1.29 is 4.42 Å². The lowest BCUT2D eigenvalue weighted by Crippen LogP contribution is -2.33. The predicted octanol–water partition coefficient (Wildman–Crippen LogP) is 5.07. The Morgan fingerprint density at radius 2 is 2.03 bits per heavy atom. The zero-order valence-corrected chi connectivity index (χ0v) is 19.9. The number of furan rings is 1. The van der Waals surface area contributed by atoms with Gasteiger partial charge in [-0.25, -0.2) is 4.68 Å². The molecule has 1 saturated carbocycles. The van der Waals surface area contributed by atoms with Crippen LogP contribution in [0.3, 0.4) is 0 Å². The molecule has 4 aromatic rings. The fourth-order valence-corrected chi connectivity index (χ4v) is 5.20. The van der Waals surface area contributed by atoms with Crippen LogP contribution in [0.15, 0.2) is 51.9 Å². The van der Waals surface area contributed by atoms with Crippen molar-refractivity contribution in [1.29, 1.82) is 0 Å². The number of benzene rings is 1. The molecule has 0 bridgehead atoms. The minimum absolute atomic E-state index is 0.0466. The van der Waals surface area contributed by atoms with Gasteiger partial charge in [0.25, 0.3) is 5.56 Å². The van der Waals surface area contributed by atoms with E-state index in [-0.39, 0.29) is 11.6 Å². The molecular formula is C26H32N6O2. The number of aromatic amines is 1. The maximum absolute atomic E-state index is 13.0. The molecule has 0 spiro atoms. The van der Waals surface area contributed by atoms with Gasteiger partial charge in [0.15, 0.2) is 5.82 Å². The van der Waals surface area contributed by atoms with Crippen LogP contribution in [-0.2, 0) is 13.1 Å². The first kappa shape index (κ1) is 22.5. The van der Waals surface area contributed by atoms with Crippen molar-refractivity contribution in [3.05, 3.63) is 75.7 Å². The molecule has 0 radical (unpaired) electrons. The van der Waals surface area contributed by atoms with Crippen LogP contribution in [0.25, 0.3) is 10.9 Å². The van der Waals surface area contributed by atoms with Crippen molar-refractivity contribution in [1.82, 2.24) is 30.1 Å². The van der Waals surface area contributed by atoms with Crippen molar-refractivity contribution in [2.24, 2.45) is 0 Å². The summed E-state index contributed by atoms with van der Waals surface area (Å²) in [4.78, 5) is 18.3. The maximum atomic E-state index is 13.0. The summed E-state index contributed by atoms with van der Waals surface area (Å²) in [5.41, 5.74) is 2.67. The van der Waals surface area contributed by atoms with E-state index in [1.165, 1.54) is 19.3 Å². The summed E-state index contributed by atoms with van der Waals surface area (Å²) in [7, 11) is 0. The maximum Gasteiger partial charge on any atom is 0.252 e. The topological polar surface area (TPSA) is 92.8 Å². The Balaban J connectivity index is 1.51. The van der Waals surface area contributed by atoms with E-state index in [2.05, 4.69) is 45.3 Å². The number of hydrogen-bond acceptors (Lipinski definition) is 6. The molecule has 0 aliphatic heterocycles. The molecule has 1 N–H and O–H groups in total. The third-order valence-electron chi connectivity index (χ3n) is 6.95. The van der Waals surface area contributed by atoms with Crippen LogP contribution >= 0.6 is 0 Å². The number of rotatable bonds is 8. The Morgan fingerprint density at radius 3 is 2.79 bits per heavy atom. The fraction of sp³-hybridized carbons (Fsp3) is 0.462. The van der Waals surface area contributed by atoms with Gasteiger partial charge in [0.1, 0.15) is 5.76 Å². The number of H-pyrrole nitrogens is 1. The Labute approximate surface area is 199 Å². The minimum atomic E-state index is -0.0671. The third-order valence-corrected chi connectivity index (χ3v) is 6.95. The zero-order valence-electron chi connectivity index (χ0n) is 19.9. The second-order valence-corrected chi connectivity index (χ2v) is 9.40. The summed E-state index contributed by atoms with van der Waals surface area (Å²) in [5, 5.41) is 14.0. The van der Waals surface area contributed by atoms with Crippen LogP contribution in [0.5, 0.6) is 0 Å². The van der Waals surface area contributed by atoms with Gasteiger partial charge in [-0.1, -0.05) is 37.8 Å². The van der Waals surface area contributed by atoms with E-state index in [9.17, 15) is 4.79 Å². The van der Waals surface area contributed by atoms with Crippen molar-refractivity contribution in [2.75, 3.05) is 0 Å². The van der Waals surface area contributed by atoms with E-state index >= 15 is 0 Å². The number of fused-ring (bicyclic) bond motifs is 1. The molecule has 1 aromatic carbocycles. The predicted molar refractivity (Wildman–Crippen MR) is 130 cm³/mol. The monoisotopic (exact) mass is 460 g/mol. The molecule has 1 fully saturated rings. The lowest BCUT2D eigenvalue weighted by Gasteiger charge is -2.31. The molecule has 8 nitrogen and oxygen atoms in total. The first-order valence-corrected chi connectivity index (χ1v) is 12.3. The summed E-state index contributed by atoms with van der Waals surface area (Å²) >= 11 is 0. The summed E-state index contributed by atoms with van der Waals surface area (Å²) in [5.74, 6) is 1.72. The average molecular weight is 461 g/mol. The number of nitrogens with zero attached hydrogens (tertiary/aromatic N) is 5. The number of aromatic nitrogens is 5. The number of nitrogens with one attached hydrogen (secondary N) is 1. The van der Waals surface area contributed by atoms with Gasteiger partial charge in [0.05, 0.1) is 24.9 Å². The number of pyridine rings is 1. The Hall–Kier alpha value is -3.26. The molecule has 3 heterocycles. The Morgan fingerprint density at radius 1 is 1.18 bits per heavy atom. The van der Waals surface area contributed by atoms with E-state index < -0.39 is 0 Å². The highest BCUT2D eigenvalue weighted by molar-refractivity contribution is 5.79. The van der Waals surface area contributed by atoms with Gasteiger partial charge in [-0.15, -0.1) is 5.10 Å². The van der Waals surface area contributed by atoms with E-state index in [0.29, 0.717) is 19.1 Å². The molecule has 0 unspecified atom stereocenters. The summed E-state index contributed by atoms with van der Waals surface area (Å²) in [6.07, 6.45) is 8.42. The highest BCUT2D eigenvalue weighted by Gasteiger charge is 2.29. The second kappa shape index (κ2) is 9.93. The smallest absolute Gasteiger partial charge is 0.252 e. The molecule has 3 aromatic heterocycles. The van der Waals surface area contributed by atoms with E-state index in [1.54, 1.807) is 6.26 Å². The Bertz CT molecular complexity index is 1290. The number of hydrogen-bond donors (Lipinski definition) is 1. The van der Waals surface area contributed by atoms with Gasteiger partial charge in [0.2, 0.25) is 0 Å². The van der Waals surface area contributed by atoms with Crippen molar-refractivity contribution in [3.63, 3.8) is 0 Å². The highest BCUT2D eigenvalue weighted by atomic mass is 16.3. The van der Waals surface area contributed by atoms with Gasteiger partial charge in [-0.05, 0) is 72.3 Å². The molecule has 1 aliphatic carbocycles. The van der Waals surface area contributed by atoms with Crippen LogP contribution in [0.2, 0.25) is 0 Å². The van der Waals surface area contributed by atoms with Gasteiger partial charge in [0, 0.05) is 17.6 Å². The summed E-state index contributed by atoms with van der Waals surface area (Å²) in [6, 6.07) is 12.2. The molecule has 8 heteroatoms. The quantitative estimate of drug-likeness (QED) is 0.394. The first-order valence-electron chi connectivity index (χ1n) is 12.3. The molecule has 34 heavy (non-hydrogen) atoms. The van der Waals surface area contributed by atoms with Gasteiger partial charge < -0.3 is 9.40 Å². The fourth-order valence-electron chi connectivity index (χ4n) is 5.20. The number of tetrazole rings is 1. The normalized spacial score (nSPS) is 15.9. The minimum Gasteiger partial charge on any atom is -0.468 e. The average Bonchev–Trinajstić information content (AvgIpc) is 3.53. The lowest BCUT2D eigenvalue weighted by atomic mass is 9.95. The van der Waals surface area contributed by atoms with Crippen LogP contribution in [0.4, 0.5) is 0 Å². The van der Waals surface area contributed by atoms with Gasteiger partial charge in [-0.3, -0.25) is 9.69 Å². The summed E-state index contributed by atoms with van der Waals surface area (Å²) in [6.45, 7) is 5.24. The Kier molecular flexibility index (Phi) is 6.58. The number of aryl methyl sites for hydroxylation is 1. The van der Waals surface area contributed by atoms with Crippen molar-refractivity contribution in [3.8, 4) is 0 Å². The molecular weight excluding hydrogens is 428 g/mol. The van der Waals surface area contributed by atoms with Crippen LogP contribution in [0, 0.1) is 6.92 Å². The third kappa shape index (κ3) is 4.68. The molecule has 178 valence electrons. The SMILES string of the molecule is CC[C@@H](c1nnnn1C1CCCCC1)N(Cc1ccco1)Cc1cc2cc(C)ccc2[nH]c1=O. The van der Waals surface area contributed by atoms with E-state index in [4.69, 9.17) is 4.42 Å². The van der Waals surface area contributed by atoms with E-state index in [1.807, 2.05) is 35.0 Å². The lowest BCUT2D eigenvalue weighted by molar-refractivity contribution is 0.144. The van der Waals surface area contributed by atoms with Gasteiger partial charge in [-0.2, -0.15) is 0 Å². The van der Waals surface area contributed by atoms with Crippen LogP contribution < -0.4 is 5.56 Å². The van der Waals surface area contributed by atoms with Gasteiger partial charge >= 0.3 is 0 Å².